The molecule has 0 radical (unpaired) electrons. The minimum atomic E-state index is -0.657. The van der Waals surface area contributed by atoms with Crippen molar-refractivity contribution in [1.29, 1.82) is 0 Å². The molecule has 0 spiro atoms. The molecule has 1 aliphatic carbocycles. The van der Waals surface area contributed by atoms with E-state index in [2.05, 4.69) is 0 Å². The second-order valence-electron chi connectivity index (χ2n) is 4.55. The molecule has 0 heterocycles. The summed E-state index contributed by atoms with van der Waals surface area (Å²) in [7, 11) is 0. The zero-order chi connectivity index (χ0) is 14.0. The van der Waals surface area contributed by atoms with Crippen LogP contribution >= 0.6 is 0 Å². The fourth-order valence-electron chi connectivity index (χ4n) is 2.18. The lowest BCUT2D eigenvalue weighted by Gasteiger charge is -2.18. The van der Waals surface area contributed by atoms with Gasteiger partial charge in [-0.1, -0.05) is 0 Å². The molecule has 0 bridgehead atoms. The molecule has 4 N–H and O–H groups in total. The Kier molecular flexibility index (Phi) is 3.66. The summed E-state index contributed by atoms with van der Waals surface area (Å²) in [6, 6.07) is 3.68. The Hall–Kier alpha value is -2.15. The van der Waals surface area contributed by atoms with E-state index in [9.17, 15) is 14.9 Å². The SMILES string of the molecule is NC(=O)c1ccc([N+](=O)[O-])c(OC2CCCC2N)c1. The molecule has 1 aromatic carbocycles. The Morgan fingerprint density at radius 2 is 2.16 bits per heavy atom. The molecule has 0 aromatic heterocycles. The van der Waals surface area contributed by atoms with Gasteiger partial charge in [0.05, 0.1) is 4.92 Å². The average molecular weight is 265 g/mol. The van der Waals surface area contributed by atoms with Gasteiger partial charge in [0.15, 0.2) is 5.75 Å². The predicted molar refractivity (Wildman–Crippen MR) is 67.9 cm³/mol. The van der Waals surface area contributed by atoms with Crippen LogP contribution in [-0.4, -0.2) is 23.0 Å². The number of ether oxygens (including phenoxy) is 1. The normalized spacial score (nSPS) is 22.2. The highest BCUT2D eigenvalue weighted by Gasteiger charge is 2.28. The molecule has 7 heteroatoms. The highest BCUT2D eigenvalue weighted by Crippen LogP contribution is 2.31. The quantitative estimate of drug-likeness (QED) is 0.620. The van der Waals surface area contributed by atoms with Gasteiger partial charge in [0.1, 0.15) is 6.10 Å². The molecule has 1 aliphatic rings. The van der Waals surface area contributed by atoms with Crippen molar-refractivity contribution in [1.82, 2.24) is 0 Å². The number of amides is 1. The van der Waals surface area contributed by atoms with Gasteiger partial charge in [-0.25, -0.2) is 0 Å². The first-order valence-electron chi connectivity index (χ1n) is 5.99. The number of carbonyl (C=O) groups excluding carboxylic acids is 1. The van der Waals surface area contributed by atoms with Gasteiger partial charge in [0.25, 0.3) is 0 Å². The van der Waals surface area contributed by atoms with Crippen molar-refractivity contribution in [2.75, 3.05) is 0 Å². The molecule has 19 heavy (non-hydrogen) atoms. The first-order chi connectivity index (χ1) is 8.99. The third-order valence-corrected chi connectivity index (χ3v) is 3.22. The zero-order valence-corrected chi connectivity index (χ0v) is 10.2. The number of nitrogens with zero attached hydrogens (tertiary/aromatic N) is 1. The summed E-state index contributed by atoms with van der Waals surface area (Å²) in [5.74, 6) is -0.612. The highest BCUT2D eigenvalue weighted by atomic mass is 16.6. The molecule has 1 fully saturated rings. The van der Waals surface area contributed by atoms with E-state index in [1.54, 1.807) is 0 Å². The van der Waals surface area contributed by atoms with Crippen LogP contribution < -0.4 is 16.2 Å². The van der Waals surface area contributed by atoms with E-state index in [1.165, 1.54) is 18.2 Å². The van der Waals surface area contributed by atoms with Crippen molar-refractivity contribution in [2.45, 2.75) is 31.4 Å². The van der Waals surface area contributed by atoms with Crippen LogP contribution in [0.25, 0.3) is 0 Å². The molecule has 1 amide bonds. The van der Waals surface area contributed by atoms with Gasteiger partial charge < -0.3 is 16.2 Å². The van der Waals surface area contributed by atoms with Crippen LogP contribution in [0.1, 0.15) is 29.6 Å². The third kappa shape index (κ3) is 2.82. The van der Waals surface area contributed by atoms with Crippen LogP contribution in [0.4, 0.5) is 5.69 Å². The van der Waals surface area contributed by atoms with Crippen LogP contribution in [0.5, 0.6) is 5.75 Å². The second-order valence-corrected chi connectivity index (χ2v) is 4.55. The topological polar surface area (TPSA) is 121 Å². The number of benzene rings is 1. The Labute approximate surface area is 109 Å². The molecule has 1 aromatic rings. The first kappa shape index (κ1) is 13.3. The summed E-state index contributed by atoms with van der Waals surface area (Å²) in [4.78, 5) is 21.5. The lowest BCUT2D eigenvalue weighted by molar-refractivity contribution is -0.386. The predicted octanol–water partition coefficient (Wildman–Crippen LogP) is 0.952. The second kappa shape index (κ2) is 5.23. The minimum Gasteiger partial charge on any atom is -0.482 e. The minimum absolute atomic E-state index is 0.0450. The van der Waals surface area contributed by atoms with Crippen LogP contribution in [0.15, 0.2) is 18.2 Å². The molecule has 1 saturated carbocycles. The Morgan fingerprint density at radius 3 is 2.68 bits per heavy atom. The number of nitro groups is 1. The molecule has 0 aliphatic heterocycles. The maximum atomic E-state index is 11.1. The molecule has 2 unspecified atom stereocenters. The standard InChI is InChI=1S/C12H15N3O4/c13-8-2-1-3-10(8)19-11-6-7(12(14)16)4-5-9(11)15(17)18/h4-6,8,10H,1-3,13H2,(H2,14,16). The zero-order valence-electron chi connectivity index (χ0n) is 10.2. The summed E-state index contributed by atoms with van der Waals surface area (Å²) in [5.41, 5.74) is 11.0. The number of hydrogen-bond donors (Lipinski definition) is 2. The van der Waals surface area contributed by atoms with Crippen LogP contribution in [0.2, 0.25) is 0 Å². The lowest BCUT2D eigenvalue weighted by Crippen LogP contribution is -2.33. The number of nitrogens with two attached hydrogens (primary N) is 2. The lowest BCUT2D eigenvalue weighted by atomic mass is 10.1. The van der Waals surface area contributed by atoms with Crippen LogP contribution in [0.3, 0.4) is 0 Å². The summed E-state index contributed by atoms with van der Waals surface area (Å²) in [6.45, 7) is 0. The van der Waals surface area contributed by atoms with Gasteiger partial charge in [-0.15, -0.1) is 0 Å². The van der Waals surface area contributed by atoms with Crippen LogP contribution in [0, 0.1) is 10.1 Å². The number of hydrogen-bond acceptors (Lipinski definition) is 5. The number of nitro benzene ring substituents is 1. The van der Waals surface area contributed by atoms with Crippen molar-refractivity contribution >= 4 is 11.6 Å². The number of rotatable bonds is 4. The monoisotopic (exact) mass is 265 g/mol. The van der Waals surface area contributed by atoms with E-state index in [-0.39, 0.29) is 29.1 Å². The largest absolute Gasteiger partial charge is 0.482 e. The van der Waals surface area contributed by atoms with E-state index in [4.69, 9.17) is 16.2 Å². The number of carbonyl (C=O) groups is 1. The Morgan fingerprint density at radius 1 is 1.42 bits per heavy atom. The summed E-state index contributed by atoms with van der Waals surface area (Å²) in [5, 5.41) is 10.9. The molecule has 2 atom stereocenters. The van der Waals surface area contributed by atoms with Gasteiger partial charge in [0, 0.05) is 23.7 Å². The van der Waals surface area contributed by atoms with E-state index < -0.39 is 10.8 Å². The van der Waals surface area contributed by atoms with E-state index in [1.807, 2.05) is 0 Å². The Balaban J connectivity index is 2.32. The van der Waals surface area contributed by atoms with Crippen molar-refractivity contribution in [3.8, 4) is 5.75 Å². The molecule has 2 rings (SSSR count). The Bertz CT molecular complexity index is 518. The molecule has 102 valence electrons. The highest BCUT2D eigenvalue weighted by molar-refractivity contribution is 5.93. The van der Waals surface area contributed by atoms with E-state index >= 15 is 0 Å². The van der Waals surface area contributed by atoms with Gasteiger partial charge in [-0.05, 0) is 25.3 Å². The first-order valence-corrected chi connectivity index (χ1v) is 5.99. The van der Waals surface area contributed by atoms with Crippen molar-refractivity contribution in [3.05, 3.63) is 33.9 Å². The van der Waals surface area contributed by atoms with Crippen molar-refractivity contribution in [3.63, 3.8) is 0 Å². The van der Waals surface area contributed by atoms with Gasteiger partial charge in [-0.3, -0.25) is 14.9 Å². The van der Waals surface area contributed by atoms with Gasteiger partial charge >= 0.3 is 5.69 Å². The van der Waals surface area contributed by atoms with Gasteiger partial charge in [0.2, 0.25) is 5.91 Å². The molecule has 7 nitrogen and oxygen atoms in total. The molecule has 0 saturated heterocycles. The maximum Gasteiger partial charge on any atom is 0.310 e. The average Bonchev–Trinajstić information content (AvgIpc) is 2.74. The fraction of sp³-hybridized carbons (Fsp3) is 0.417. The van der Waals surface area contributed by atoms with E-state index in [0.29, 0.717) is 0 Å². The fourth-order valence-corrected chi connectivity index (χ4v) is 2.18. The van der Waals surface area contributed by atoms with Crippen molar-refractivity contribution in [2.24, 2.45) is 11.5 Å². The van der Waals surface area contributed by atoms with Gasteiger partial charge in [-0.2, -0.15) is 0 Å². The molecular weight excluding hydrogens is 250 g/mol. The summed E-state index contributed by atoms with van der Waals surface area (Å²) < 4.78 is 5.60. The summed E-state index contributed by atoms with van der Waals surface area (Å²) >= 11 is 0. The maximum absolute atomic E-state index is 11.1. The third-order valence-electron chi connectivity index (χ3n) is 3.22. The smallest absolute Gasteiger partial charge is 0.310 e. The summed E-state index contributed by atoms with van der Waals surface area (Å²) in [6.07, 6.45) is 2.24. The van der Waals surface area contributed by atoms with E-state index in [0.717, 1.165) is 19.3 Å². The van der Waals surface area contributed by atoms with Crippen LogP contribution in [-0.2, 0) is 0 Å². The van der Waals surface area contributed by atoms with Crippen molar-refractivity contribution < 1.29 is 14.5 Å². The molecular formula is C12H15N3O4. The number of primary amides is 1.